The van der Waals surface area contributed by atoms with Crippen molar-refractivity contribution in [2.24, 2.45) is 0 Å². The number of benzene rings is 1. The zero-order chi connectivity index (χ0) is 26.8. The predicted octanol–water partition coefficient (Wildman–Crippen LogP) is 4.28. The molecule has 11 heteroatoms. The maximum Gasteiger partial charge on any atom is 0.490 e. The van der Waals surface area contributed by atoms with E-state index in [4.69, 9.17) is 14.4 Å². The lowest BCUT2D eigenvalue weighted by Crippen LogP contribution is -2.36. The van der Waals surface area contributed by atoms with E-state index in [1.165, 1.54) is 16.7 Å². The molecule has 0 atom stereocenters. The molecule has 1 aliphatic rings. The van der Waals surface area contributed by atoms with Gasteiger partial charge in [-0.2, -0.15) is 13.2 Å². The minimum Gasteiger partial charge on any atom is -0.475 e. The molecule has 8 nitrogen and oxygen atoms in total. The Labute approximate surface area is 206 Å². The summed E-state index contributed by atoms with van der Waals surface area (Å²) < 4.78 is 38.9. The van der Waals surface area contributed by atoms with E-state index in [-0.39, 0.29) is 5.91 Å². The van der Waals surface area contributed by atoms with Crippen molar-refractivity contribution < 1.29 is 32.4 Å². The van der Waals surface area contributed by atoms with Gasteiger partial charge in [0.15, 0.2) is 5.82 Å². The Bertz CT molecular complexity index is 1260. The molecule has 4 rings (SSSR count). The van der Waals surface area contributed by atoms with E-state index in [1.54, 1.807) is 0 Å². The highest BCUT2D eigenvalue weighted by atomic mass is 19.4. The van der Waals surface area contributed by atoms with Crippen LogP contribution in [0, 0.1) is 20.8 Å². The van der Waals surface area contributed by atoms with Crippen LogP contribution in [0.4, 0.5) is 13.2 Å². The predicted molar refractivity (Wildman–Crippen MR) is 126 cm³/mol. The van der Waals surface area contributed by atoms with Gasteiger partial charge in [-0.25, -0.2) is 4.79 Å². The molecule has 0 unspecified atom stereocenters. The van der Waals surface area contributed by atoms with Crippen LogP contribution in [0.1, 0.15) is 44.2 Å². The van der Waals surface area contributed by atoms with Crippen molar-refractivity contribution in [3.8, 4) is 5.82 Å². The third-order valence-electron chi connectivity index (χ3n) is 5.82. The molecule has 0 aliphatic carbocycles. The number of aryl methyl sites for hydroxylation is 2. The Hall–Kier alpha value is -3.60. The molecule has 3 aromatic rings. The summed E-state index contributed by atoms with van der Waals surface area (Å²) in [5, 5.41) is 11.2. The summed E-state index contributed by atoms with van der Waals surface area (Å²) in [7, 11) is 4.16. The number of hydrogen-bond donors (Lipinski definition) is 1. The van der Waals surface area contributed by atoms with Crippen molar-refractivity contribution in [2.75, 3.05) is 20.6 Å². The zero-order valence-electron chi connectivity index (χ0n) is 20.8. The van der Waals surface area contributed by atoms with Crippen LogP contribution in [0.5, 0.6) is 0 Å². The second-order valence-electron chi connectivity index (χ2n) is 9.04. The summed E-state index contributed by atoms with van der Waals surface area (Å²) in [6.45, 7) is 8.16. The Morgan fingerprint density at radius 2 is 1.78 bits per heavy atom. The highest BCUT2D eigenvalue weighted by Crippen LogP contribution is 2.26. The lowest BCUT2D eigenvalue weighted by atomic mass is 9.96. The summed E-state index contributed by atoms with van der Waals surface area (Å²) >= 11 is 0. The average Bonchev–Trinajstić information content (AvgIpc) is 3.33. The molecule has 0 saturated carbocycles. The first-order valence-electron chi connectivity index (χ1n) is 11.3. The number of nitrogens with zero attached hydrogens (tertiary/aromatic N) is 4. The quantitative estimate of drug-likeness (QED) is 0.568. The minimum atomic E-state index is -5.08. The molecule has 0 saturated heterocycles. The van der Waals surface area contributed by atoms with Crippen LogP contribution in [0.3, 0.4) is 0 Å². The van der Waals surface area contributed by atoms with E-state index >= 15 is 0 Å². The number of rotatable bonds is 4. The summed E-state index contributed by atoms with van der Waals surface area (Å²) in [6.07, 6.45) is -4.19. The fraction of sp³-hybridized carbons (Fsp3) is 0.400. The first-order chi connectivity index (χ1) is 16.8. The third kappa shape index (κ3) is 6.14. The Kier molecular flexibility index (Phi) is 7.92. The van der Waals surface area contributed by atoms with Crippen molar-refractivity contribution in [3.05, 3.63) is 69.7 Å². The van der Waals surface area contributed by atoms with E-state index in [2.05, 4.69) is 42.4 Å². The Balaban J connectivity index is 0.000000454. The van der Waals surface area contributed by atoms with Gasteiger partial charge in [-0.05, 0) is 64.0 Å². The molecule has 3 heterocycles. The summed E-state index contributed by atoms with van der Waals surface area (Å²) in [4.78, 5) is 26.3. The van der Waals surface area contributed by atoms with E-state index in [9.17, 15) is 18.0 Å². The zero-order valence-corrected chi connectivity index (χ0v) is 20.8. The van der Waals surface area contributed by atoms with Gasteiger partial charge in [0.25, 0.3) is 5.91 Å². The molecule has 1 aromatic carbocycles. The van der Waals surface area contributed by atoms with Crippen molar-refractivity contribution in [1.29, 1.82) is 0 Å². The van der Waals surface area contributed by atoms with Crippen molar-refractivity contribution in [1.82, 2.24) is 19.5 Å². The molecule has 0 bridgehead atoms. The molecule has 1 N–H and O–H groups in total. The molecule has 1 aliphatic heterocycles. The minimum absolute atomic E-state index is 0.0765. The molecule has 194 valence electrons. The van der Waals surface area contributed by atoms with Gasteiger partial charge in [-0.15, -0.1) is 0 Å². The van der Waals surface area contributed by atoms with E-state index in [0.717, 1.165) is 42.2 Å². The molecule has 1 amide bonds. The summed E-state index contributed by atoms with van der Waals surface area (Å²) in [6, 6.07) is 10.5. The maximum atomic E-state index is 13.3. The fourth-order valence-electron chi connectivity index (χ4n) is 4.20. The number of hydrogen-bond acceptors (Lipinski definition) is 5. The first-order valence-corrected chi connectivity index (χ1v) is 11.3. The van der Waals surface area contributed by atoms with Crippen LogP contribution in [-0.2, 0) is 24.3 Å². The summed E-state index contributed by atoms with van der Waals surface area (Å²) in [5.41, 5.74) is 6.53. The Morgan fingerprint density at radius 1 is 1.11 bits per heavy atom. The maximum absolute atomic E-state index is 13.3. The molecule has 0 fully saturated rings. The molecular formula is C25H29F3N4O4. The van der Waals surface area contributed by atoms with Gasteiger partial charge in [-0.3, -0.25) is 9.36 Å². The van der Waals surface area contributed by atoms with Crippen molar-refractivity contribution >= 4 is 11.9 Å². The second kappa shape index (κ2) is 10.6. The highest BCUT2D eigenvalue weighted by molar-refractivity contribution is 5.96. The standard InChI is InChI=1S/C23H28N4O2.C2HF3O2/c1-15-10-21(17(3)27(15)22-11-16(2)29-24-22)23(28)26-9-8-19-12-18(13-25(4)5)6-7-20(19)14-26;3-2(4,5)1(6)7/h6-7,10-12H,8-9,13-14H2,1-5H3;(H,6,7). The number of aliphatic carboxylic acids is 1. The lowest BCUT2D eigenvalue weighted by molar-refractivity contribution is -0.192. The van der Waals surface area contributed by atoms with E-state index in [1.807, 2.05) is 42.4 Å². The number of carbonyl (C=O) groups excluding carboxylic acids is 1. The van der Waals surface area contributed by atoms with Crippen LogP contribution in [-0.4, -0.2) is 63.3 Å². The van der Waals surface area contributed by atoms with Gasteiger partial charge in [0, 0.05) is 37.1 Å². The van der Waals surface area contributed by atoms with Crippen LogP contribution >= 0.6 is 0 Å². The molecule has 2 aromatic heterocycles. The average molecular weight is 507 g/mol. The van der Waals surface area contributed by atoms with E-state index < -0.39 is 12.1 Å². The molecule has 36 heavy (non-hydrogen) atoms. The number of aromatic nitrogens is 2. The monoisotopic (exact) mass is 506 g/mol. The van der Waals surface area contributed by atoms with Crippen molar-refractivity contribution in [3.63, 3.8) is 0 Å². The van der Waals surface area contributed by atoms with Gasteiger partial charge < -0.3 is 19.4 Å². The van der Waals surface area contributed by atoms with Crippen molar-refractivity contribution in [2.45, 2.75) is 46.5 Å². The van der Waals surface area contributed by atoms with Crippen LogP contribution in [0.2, 0.25) is 0 Å². The van der Waals surface area contributed by atoms with Gasteiger partial charge >= 0.3 is 12.1 Å². The number of halogens is 3. The van der Waals surface area contributed by atoms with Crippen LogP contribution < -0.4 is 0 Å². The SMILES string of the molecule is Cc1cc(-n2c(C)cc(C(=O)N3CCc4cc(CN(C)C)ccc4C3)c2C)no1.O=C(O)C(F)(F)F. The van der Waals surface area contributed by atoms with Crippen LogP contribution in [0.15, 0.2) is 34.9 Å². The normalized spacial score (nSPS) is 13.3. The third-order valence-corrected chi connectivity index (χ3v) is 5.82. The van der Waals surface area contributed by atoms with Gasteiger partial charge in [0.1, 0.15) is 5.76 Å². The molecule has 0 spiro atoms. The first kappa shape index (κ1) is 27.0. The van der Waals surface area contributed by atoms with Gasteiger partial charge in [0.05, 0.1) is 5.56 Å². The van der Waals surface area contributed by atoms with E-state index in [0.29, 0.717) is 12.4 Å². The molecular weight excluding hydrogens is 477 g/mol. The van der Waals surface area contributed by atoms with Gasteiger partial charge in [-0.1, -0.05) is 23.4 Å². The van der Waals surface area contributed by atoms with Gasteiger partial charge in [0.2, 0.25) is 0 Å². The lowest BCUT2D eigenvalue weighted by Gasteiger charge is -2.29. The fourth-order valence-corrected chi connectivity index (χ4v) is 4.20. The number of carboxylic acid groups (broad SMARTS) is 1. The highest BCUT2D eigenvalue weighted by Gasteiger charge is 2.38. The molecule has 0 radical (unpaired) electrons. The largest absolute Gasteiger partial charge is 0.490 e. The number of amides is 1. The number of alkyl halides is 3. The smallest absolute Gasteiger partial charge is 0.475 e. The second-order valence-corrected chi connectivity index (χ2v) is 9.04. The topological polar surface area (TPSA) is 91.8 Å². The number of carbonyl (C=O) groups is 2. The number of fused-ring (bicyclic) bond motifs is 1. The van der Waals surface area contributed by atoms with Crippen LogP contribution in [0.25, 0.3) is 5.82 Å². The Morgan fingerprint density at radius 3 is 2.33 bits per heavy atom. The summed E-state index contributed by atoms with van der Waals surface area (Å²) in [5.74, 6) is -1.21. The number of carboxylic acids is 1.